The highest BCUT2D eigenvalue weighted by Crippen LogP contribution is 2.31. The van der Waals surface area contributed by atoms with Crippen LogP contribution in [-0.4, -0.2) is 33.1 Å². The van der Waals surface area contributed by atoms with E-state index in [0.29, 0.717) is 24.0 Å². The van der Waals surface area contributed by atoms with E-state index < -0.39 is 9.84 Å². The Hall–Kier alpha value is -1.23. The van der Waals surface area contributed by atoms with Gasteiger partial charge in [-0.05, 0) is 37.3 Å². The van der Waals surface area contributed by atoms with Gasteiger partial charge in [0.05, 0.1) is 18.1 Å². The third-order valence-electron chi connectivity index (χ3n) is 3.97. The summed E-state index contributed by atoms with van der Waals surface area (Å²) in [5.74, 6) is 1.95. The van der Waals surface area contributed by atoms with E-state index in [1.165, 1.54) is 11.3 Å². The average molecular weight is 281 g/mol. The number of hydrogen-bond donors (Lipinski definition) is 1. The minimum absolute atomic E-state index is 0.315. The molecule has 19 heavy (non-hydrogen) atoms. The number of benzene rings is 1. The van der Waals surface area contributed by atoms with Crippen LogP contribution in [0.15, 0.2) is 18.2 Å². The van der Waals surface area contributed by atoms with E-state index in [1.807, 2.05) is 12.1 Å². The maximum absolute atomic E-state index is 11.4. The van der Waals surface area contributed by atoms with Gasteiger partial charge in [-0.1, -0.05) is 6.07 Å². The van der Waals surface area contributed by atoms with Gasteiger partial charge in [-0.25, -0.2) is 8.42 Å². The van der Waals surface area contributed by atoms with Crippen molar-refractivity contribution in [1.82, 2.24) is 0 Å². The molecule has 0 saturated carbocycles. The van der Waals surface area contributed by atoms with Gasteiger partial charge >= 0.3 is 0 Å². The lowest BCUT2D eigenvalue weighted by atomic mass is 10.0. The van der Waals surface area contributed by atoms with Crippen molar-refractivity contribution in [1.29, 1.82) is 0 Å². The van der Waals surface area contributed by atoms with E-state index in [-0.39, 0.29) is 0 Å². The number of anilines is 1. The summed E-state index contributed by atoms with van der Waals surface area (Å²) in [6.45, 7) is 1.60. The van der Waals surface area contributed by atoms with Gasteiger partial charge in [0.1, 0.15) is 15.6 Å². The summed E-state index contributed by atoms with van der Waals surface area (Å²) in [5, 5.41) is 3.33. The Morgan fingerprint density at radius 3 is 2.84 bits per heavy atom. The van der Waals surface area contributed by atoms with Crippen LogP contribution < -0.4 is 10.1 Å². The Morgan fingerprint density at radius 2 is 2.05 bits per heavy atom. The highest BCUT2D eigenvalue weighted by atomic mass is 32.2. The van der Waals surface area contributed by atoms with Crippen LogP contribution in [0.3, 0.4) is 0 Å². The molecule has 0 amide bonds. The Bertz CT molecular complexity index is 554. The van der Waals surface area contributed by atoms with Gasteiger partial charge in [0.15, 0.2) is 0 Å². The zero-order valence-corrected chi connectivity index (χ0v) is 11.7. The van der Waals surface area contributed by atoms with Gasteiger partial charge in [0.2, 0.25) is 0 Å². The second kappa shape index (κ2) is 5.04. The number of ether oxygens (including phenoxy) is 1. The molecular weight excluding hydrogens is 262 g/mol. The molecule has 2 heterocycles. The third-order valence-corrected chi connectivity index (χ3v) is 5.69. The van der Waals surface area contributed by atoms with E-state index in [4.69, 9.17) is 4.74 Å². The van der Waals surface area contributed by atoms with E-state index >= 15 is 0 Å². The molecule has 0 aliphatic carbocycles. The van der Waals surface area contributed by atoms with E-state index in [0.717, 1.165) is 31.6 Å². The molecule has 2 aliphatic heterocycles. The van der Waals surface area contributed by atoms with Gasteiger partial charge in [0, 0.05) is 17.8 Å². The first kappa shape index (κ1) is 12.8. The van der Waals surface area contributed by atoms with E-state index in [2.05, 4.69) is 11.4 Å². The molecule has 104 valence electrons. The summed E-state index contributed by atoms with van der Waals surface area (Å²) in [6.07, 6.45) is 2.47. The van der Waals surface area contributed by atoms with Crippen molar-refractivity contribution in [2.24, 2.45) is 5.92 Å². The smallest absolute Gasteiger partial charge is 0.150 e. The van der Waals surface area contributed by atoms with Crippen LogP contribution in [0.1, 0.15) is 18.4 Å². The summed E-state index contributed by atoms with van der Waals surface area (Å²) in [4.78, 5) is 0. The average Bonchev–Trinajstić information content (AvgIpc) is 2.86. The molecule has 0 aromatic heterocycles. The molecule has 1 N–H and O–H groups in total. The zero-order chi connectivity index (χ0) is 13.3. The van der Waals surface area contributed by atoms with Crippen molar-refractivity contribution >= 4 is 15.5 Å². The molecule has 0 unspecified atom stereocenters. The fourth-order valence-electron chi connectivity index (χ4n) is 2.76. The number of rotatable bonds is 3. The van der Waals surface area contributed by atoms with Crippen LogP contribution >= 0.6 is 0 Å². The molecular formula is C14H19NO3S. The molecule has 0 bridgehead atoms. The van der Waals surface area contributed by atoms with Crippen molar-refractivity contribution in [3.63, 3.8) is 0 Å². The summed E-state index contributed by atoms with van der Waals surface area (Å²) >= 11 is 0. The monoisotopic (exact) mass is 281 g/mol. The summed E-state index contributed by atoms with van der Waals surface area (Å²) in [5.41, 5.74) is 2.43. The van der Waals surface area contributed by atoms with Crippen LogP contribution in [0.2, 0.25) is 0 Å². The SMILES string of the molecule is O=S1(=O)CCC(COc2cccc3c2CCN3)CC1. The first-order chi connectivity index (χ1) is 9.14. The van der Waals surface area contributed by atoms with E-state index in [1.54, 1.807) is 0 Å². The summed E-state index contributed by atoms with van der Waals surface area (Å²) in [7, 11) is -2.77. The van der Waals surface area contributed by atoms with Crippen LogP contribution in [0.5, 0.6) is 5.75 Å². The minimum atomic E-state index is -2.77. The fraction of sp³-hybridized carbons (Fsp3) is 0.571. The van der Waals surface area contributed by atoms with Crippen LogP contribution in [0.25, 0.3) is 0 Å². The zero-order valence-electron chi connectivity index (χ0n) is 10.9. The molecule has 1 aromatic carbocycles. The quantitative estimate of drug-likeness (QED) is 0.919. The Labute approximate surface area is 114 Å². The van der Waals surface area contributed by atoms with Crippen molar-refractivity contribution in [3.05, 3.63) is 23.8 Å². The van der Waals surface area contributed by atoms with Crippen molar-refractivity contribution in [2.45, 2.75) is 19.3 Å². The largest absolute Gasteiger partial charge is 0.493 e. The van der Waals surface area contributed by atoms with Crippen LogP contribution in [0.4, 0.5) is 5.69 Å². The molecule has 5 heteroatoms. The van der Waals surface area contributed by atoms with Gasteiger partial charge < -0.3 is 10.1 Å². The predicted molar refractivity (Wildman–Crippen MR) is 75.5 cm³/mol. The maximum Gasteiger partial charge on any atom is 0.150 e. The van der Waals surface area contributed by atoms with Gasteiger partial charge in [0.25, 0.3) is 0 Å². The molecule has 4 nitrogen and oxygen atoms in total. The first-order valence-corrected chi connectivity index (χ1v) is 8.65. The lowest BCUT2D eigenvalue weighted by Crippen LogP contribution is -2.27. The normalized spacial score (nSPS) is 21.7. The fourth-order valence-corrected chi connectivity index (χ4v) is 4.35. The maximum atomic E-state index is 11.4. The van der Waals surface area contributed by atoms with E-state index in [9.17, 15) is 8.42 Å². The lowest BCUT2D eigenvalue weighted by molar-refractivity contribution is 0.236. The van der Waals surface area contributed by atoms with Crippen molar-refractivity contribution in [2.75, 3.05) is 30.0 Å². The molecule has 0 radical (unpaired) electrons. The van der Waals surface area contributed by atoms with Crippen LogP contribution in [-0.2, 0) is 16.3 Å². The molecule has 2 aliphatic rings. The molecule has 0 atom stereocenters. The van der Waals surface area contributed by atoms with Gasteiger partial charge in [-0.2, -0.15) is 0 Å². The predicted octanol–water partition coefficient (Wildman–Crippen LogP) is 1.86. The molecule has 1 fully saturated rings. The molecule has 1 aromatic rings. The highest BCUT2D eigenvalue weighted by Gasteiger charge is 2.24. The second-order valence-corrected chi connectivity index (χ2v) is 7.67. The minimum Gasteiger partial charge on any atom is -0.493 e. The van der Waals surface area contributed by atoms with Crippen LogP contribution in [0, 0.1) is 5.92 Å². The van der Waals surface area contributed by atoms with Gasteiger partial charge in [-0.3, -0.25) is 0 Å². The Balaban J connectivity index is 1.60. The van der Waals surface area contributed by atoms with Crippen molar-refractivity contribution in [3.8, 4) is 5.75 Å². The third kappa shape index (κ3) is 2.86. The lowest BCUT2D eigenvalue weighted by Gasteiger charge is -2.22. The molecule has 1 saturated heterocycles. The summed E-state index contributed by atoms with van der Waals surface area (Å²) < 4.78 is 28.7. The highest BCUT2D eigenvalue weighted by molar-refractivity contribution is 7.91. The summed E-state index contributed by atoms with van der Waals surface area (Å²) in [6, 6.07) is 6.07. The number of fused-ring (bicyclic) bond motifs is 1. The number of nitrogens with one attached hydrogen (secondary N) is 1. The Kier molecular flexibility index (Phi) is 3.39. The van der Waals surface area contributed by atoms with Crippen molar-refractivity contribution < 1.29 is 13.2 Å². The number of sulfone groups is 1. The first-order valence-electron chi connectivity index (χ1n) is 6.83. The second-order valence-electron chi connectivity index (χ2n) is 5.37. The topological polar surface area (TPSA) is 55.4 Å². The molecule has 3 rings (SSSR count). The Morgan fingerprint density at radius 1 is 1.26 bits per heavy atom. The van der Waals surface area contributed by atoms with Gasteiger partial charge in [-0.15, -0.1) is 0 Å². The number of hydrogen-bond acceptors (Lipinski definition) is 4. The molecule has 0 spiro atoms. The standard InChI is InChI=1S/C14H19NO3S/c16-19(17)8-5-11(6-9-19)10-18-14-3-1-2-13-12(14)4-7-15-13/h1-3,11,15H,4-10H2.